The minimum Gasteiger partial charge on any atom is -0.466 e. The summed E-state index contributed by atoms with van der Waals surface area (Å²) in [7, 11) is 0. The predicted octanol–water partition coefficient (Wildman–Crippen LogP) is 2.96. The number of benzene rings is 1. The van der Waals surface area contributed by atoms with E-state index in [1.807, 2.05) is 0 Å². The normalized spacial score (nSPS) is 20.8. The van der Waals surface area contributed by atoms with Crippen molar-refractivity contribution in [3.8, 4) is 11.3 Å². The fourth-order valence-electron chi connectivity index (χ4n) is 3.16. The van der Waals surface area contributed by atoms with Crippen LogP contribution >= 0.6 is 0 Å². The van der Waals surface area contributed by atoms with Gasteiger partial charge in [0.05, 0.1) is 12.0 Å². The van der Waals surface area contributed by atoms with Gasteiger partial charge < -0.3 is 14.6 Å². The van der Waals surface area contributed by atoms with Crippen LogP contribution < -0.4 is 5.32 Å². The first-order chi connectivity index (χ1) is 11.6. The van der Waals surface area contributed by atoms with Gasteiger partial charge in [0.25, 0.3) is 0 Å². The Balaban J connectivity index is 1.82. The van der Waals surface area contributed by atoms with Crippen molar-refractivity contribution in [2.75, 3.05) is 19.7 Å². The summed E-state index contributed by atoms with van der Waals surface area (Å²) in [5.41, 5.74) is 0.580. The molecule has 1 aliphatic heterocycles. The molecule has 2 aromatic rings. The van der Waals surface area contributed by atoms with E-state index in [2.05, 4.69) is 10.5 Å². The van der Waals surface area contributed by atoms with Crippen LogP contribution in [0.1, 0.15) is 25.5 Å². The summed E-state index contributed by atoms with van der Waals surface area (Å²) < 4.78 is 24.0. The first-order valence-corrected chi connectivity index (χ1v) is 8.22. The van der Waals surface area contributed by atoms with E-state index in [0.717, 1.165) is 19.4 Å². The number of ether oxygens (including phenoxy) is 1. The Labute approximate surface area is 140 Å². The quantitative estimate of drug-likeness (QED) is 0.853. The molecule has 1 saturated heterocycles. The molecule has 0 unspecified atom stereocenters. The molecule has 24 heavy (non-hydrogen) atoms. The number of hydrogen-bond acceptors (Lipinski definition) is 5. The first-order valence-electron chi connectivity index (χ1n) is 8.22. The van der Waals surface area contributed by atoms with Crippen molar-refractivity contribution < 1.29 is 18.4 Å². The van der Waals surface area contributed by atoms with E-state index in [1.165, 1.54) is 12.1 Å². The van der Waals surface area contributed by atoms with E-state index in [1.54, 1.807) is 25.1 Å². The Morgan fingerprint density at radius 3 is 3.04 bits per heavy atom. The zero-order valence-corrected chi connectivity index (χ0v) is 13.7. The molecule has 0 aliphatic carbocycles. The lowest BCUT2D eigenvalue weighted by atomic mass is 9.77. The van der Waals surface area contributed by atoms with Crippen molar-refractivity contribution in [2.24, 2.45) is 5.41 Å². The number of piperidine rings is 1. The minimum atomic E-state index is -0.632. The van der Waals surface area contributed by atoms with Gasteiger partial charge in [-0.2, -0.15) is 0 Å². The average Bonchev–Trinajstić information content (AvgIpc) is 3.04. The molecule has 5 nitrogen and oxygen atoms in total. The van der Waals surface area contributed by atoms with E-state index < -0.39 is 5.41 Å². The molecule has 1 aliphatic rings. The van der Waals surface area contributed by atoms with E-state index in [-0.39, 0.29) is 11.8 Å². The van der Waals surface area contributed by atoms with E-state index >= 15 is 0 Å². The number of halogens is 1. The number of carbonyl (C=O) groups is 1. The third-order valence-corrected chi connectivity index (χ3v) is 4.37. The summed E-state index contributed by atoms with van der Waals surface area (Å²) in [6.07, 6.45) is 2.07. The van der Waals surface area contributed by atoms with Crippen molar-refractivity contribution >= 4 is 5.97 Å². The van der Waals surface area contributed by atoms with Crippen LogP contribution in [0.25, 0.3) is 11.3 Å². The van der Waals surface area contributed by atoms with Gasteiger partial charge in [0.2, 0.25) is 0 Å². The lowest BCUT2D eigenvalue weighted by Crippen LogP contribution is -2.47. The SMILES string of the molecule is CCOC(=O)[C@]1(Cc2cc(-c3cccc(F)c3)no2)CCCNC1. The maximum Gasteiger partial charge on any atom is 0.313 e. The van der Waals surface area contributed by atoms with Crippen LogP contribution in [0.5, 0.6) is 0 Å². The number of carbonyl (C=O) groups excluding carboxylic acids is 1. The molecule has 1 aromatic heterocycles. The van der Waals surface area contributed by atoms with Crippen molar-refractivity contribution in [3.05, 3.63) is 41.9 Å². The van der Waals surface area contributed by atoms with Crippen LogP contribution in [0.3, 0.4) is 0 Å². The lowest BCUT2D eigenvalue weighted by molar-refractivity contribution is -0.156. The highest BCUT2D eigenvalue weighted by Crippen LogP contribution is 2.33. The molecule has 2 heterocycles. The van der Waals surface area contributed by atoms with Gasteiger partial charge in [-0.3, -0.25) is 4.79 Å². The zero-order chi connectivity index (χ0) is 17.0. The van der Waals surface area contributed by atoms with Gasteiger partial charge in [0.15, 0.2) is 0 Å². The fraction of sp³-hybridized carbons (Fsp3) is 0.444. The van der Waals surface area contributed by atoms with Crippen LogP contribution in [0.15, 0.2) is 34.9 Å². The Hall–Kier alpha value is -2.21. The van der Waals surface area contributed by atoms with E-state index in [0.29, 0.717) is 36.6 Å². The second-order valence-corrected chi connectivity index (χ2v) is 6.15. The van der Waals surface area contributed by atoms with Crippen LogP contribution in [0.2, 0.25) is 0 Å². The number of aromatic nitrogens is 1. The molecule has 6 heteroatoms. The number of nitrogens with one attached hydrogen (secondary N) is 1. The number of nitrogens with zero attached hydrogens (tertiary/aromatic N) is 1. The number of rotatable bonds is 5. The Kier molecular flexibility index (Phi) is 4.94. The molecule has 3 rings (SSSR count). The molecule has 1 atom stereocenters. The summed E-state index contributed by atoms with van der Waals surface area (Å²) >= 11 is 0. The van der Waals surface area contributed by atoms with Crippen LogP contribution in [0.4, 0.5) is 4.39 Å². The Morgan fingerprint density at radius 1 is 1.46 bits per heavy atom. The van der Waals surface area contributed by atoms with Crippen molar-refractivity contribution in [3.63, 3.8) is 0 Å². The lowest BCUT2D eigenvalue weighted by Gasteiger charge is -2.34. The molecule has 1 fully saturated rings. The third-order valence-electron chi connectivity index (χ3n) is 4.37. The average molecular weight is 332 g/mol. The summed E-state index contributed by atoms with van der Waals surface area (Å²) in [5.74, 6) is 0.0726. The number of esters is 1. The molecular weight excluding hydrogens is 311 g/mol. The largest absolute Gasteiger partial charge is 0.466 e. The van der Waals surface area contributed by atoms with Crippen molar-refractivity contribution in [1.82, 2.24) is 10.5 Å². The highest BCUT2D eigenvalue weighted by molar-refractivity contribution is 5.77. The second-order valence-electron chi connectivity index (χ2n) is 6.15. The second kappa shape index (κ2) is 7.13. The molecule has 128 valence electrons. The fourth-order valence-corrected chi connectivity index (χ4v) is 3.16. The van der Waals surface area contributed by atoms with Gasteiger partial charge in [-0.05, 0) is 38.4 Å². The van der Waals surface area contributed by atoms with Gasteiger partial charge in [-0.1, -0.05) is 17.3 Å². The van der Waals surface area contributed by atoms with Gasteiger partial charge in [-0.15, -0.1) is 0 Å². The molecule has 1 aromatic carbocycles. The topological polar surface area (TPSA) is 64.4 Å². The van der Waals surface area contributed by atoms with E-state index in [9.17, 15) is 9.18 Å². The Morgan fingerprint density at radius 2 is 2.33 bits per heavy atom. The summed E-state index contributed by atoms with van der Waals surface area (Å²) in [5, 5.41) is 7.28. The highest BCUT2D eigenvalue weighted by atomic mass is 19.1. The smallest absolute Gasteiger partial charge is 0.313 e. The van der Waals surface area contributed by atoms with Gasteiger partial charge in [0, 0.05) is 24.6 Å². The van der Waals surface area contributed by atoms with Crippen LogP contribution in [-0.2, 0) is 16.0 Å². The predicted molar refractivity (Wildman–Crippen MR) is 86.8 cm³/mol. The molecule has 0 spiro atoms. The first kappa shape index (κ1) is 16.6. The zero-order valence-electron chi connectivity index (χ0n) is 13.7. The molecule has 0 bridgehead atoms. The molecule has 0 radical (unpaired) electrons. The minimum absolute atomic E-state index is 0.207. The number of hydrogen-bond donors (Lipinski definition) is 1. The van der Waals surface area contributed by atoms with Gasteiger partial charge >= 0.3 is 5.97 Å². The third kappa shape index (κ3) is 3.48. The molecular formula is C18H21FN2O3. The molecule has 0 amide bonds. The van der Waals surface area contributed by atoms with Crippen LogP contribution in [-0.4, -0.2) is 30.8 Å². The maximum atomic E-state index is 13.4. The van der Waals surface area contributed by atoms with Gasteiger partial charge in [-0.25, -0.2) is 4.39 Å². The van der Waals surface area contributed by atoms with Crippen molar-refractivity contribution in [2.45, 2.75) is 26.2 Å². The standard InChI is InChI=1S/C18H21FN2O3/c1-2-23-17(22)18(7-4-8-20-12-18)11-15-10-16(21-24-15)13-5-3-6-14(19)9-13/h3,5-6,9-10,20H,2,4,7-8,11-12H2,1H3/t18-/m0/s1. The van der Waals surface area contributed by atoms with Crippen LogP contribution in [0, 0.1) is 11.2 Å². The molecule has 0 saturated carbocycles. The summed E-state index contributed by atoms with van der Waals surface area (Å²) in [4.78, 5) is 12.5. The van der Waals surface area contributed by atoms with Gasteiger partial charge in [0.1, 0.15) is 17.3 Å². The van der Waals surface area contributed by atoms with Crippen molar-refractivity contribution in [1.29, 1.82) is 0 Å². The summed E-state index contributed by atoms with van der Waals surface area (Å²) in [6.45, 7) is 3.61. The van der Waals surface area contributed by atoms with E-state index in [4.69, 9.17) is 9.26 Å². The highest BCUT2D eigenvalue weighted by Gasteiger charge is 2.42. The Bertz CT molecular complexity index is 708. The maximum absolute atomic E-state index is 13.4. The molecule has 1 N–H and O–H groups in total. The summed E-state index contributed by atoms with van der Waals surface area (Å²) in [6, 6.07) is 7.96. The monoisotopic (exact) mass is 332 g/mol.